The molecule has 0 saturated carbocycles. The van der Waals surface area contributed by atoms with E-state index in [2.05, 4.69) is 112 Å². The molecule has 0 bridgehead atoms. The second-order valence-corrected chi connectivity index (χ2v) is 9.52. The summed E-state index contributed by atoms with van der Waals surface area (Å²) in [6.45, 7) is 0. The lowest BCUT2D eigenvalue weighted by Gasteiger charge is -2.11. The minimum atomic E-state index is 0.890. The van der Waals surface area contributed by atoms with Crippen LogP contribution in [0.15, 0.2) is 134 Å². The Hall–Kier alpha value is -5.22. The van der Waals surface area contributed by atoms with E-state index < -0.39 is 0 Å². The Morgan fingerprint density at radius 1 is 0.395 bits per heavy atom. The molecule has 4 heterocycles. The SMILES string of the molecule is c1ccc(-c2ccc(-n3c4ccccc4c4ccc5c6ccccc6n(-c6ccccn6)c5c43)nc2)cc1. The number of hydrogen-bond donors (Lipinski definition) is 0. The van der Waals surface area contributed by atoms with Crippen molar-refractivity contribution in [2.24, 2.45) is 0 Å². The maximum Gasteiger partial charge on any atom is 0.137 e. The molecule has 8 aromatic rings. The maximum atomic E-state index is 5.00. The van der Waals surface area contributed by atoms with Crippen LogP contribution in [0.1, 0.15) is 0 Å². The van der Waals surface area contributed by atoms with E-state index >= 15 is 0 Å². The molecule has 0 amide bonds. The molecule has 0 unspecified atom stereocenters. The molecule has 0 N–H and O–H groups in total. The van der Waals surface area contributed by atoms with Gasteiger partial charge in [-0.05, 0) is 42.0 Å². The third-order valence-electron chi connectivity index (χ3n) is 7.43. The van der Waals surface area contributed by atoms with E-state index in [1.54, 1.807) is 0 Å². The van der Waals surface area contributed by atoms with Crippen LogP contribution in [0.5, 0.6) is 0 Å². The molecule has 0 atom stereocenters. The number of para-hydroxylation sites is 2. The average Bonchev–Trinajstić information content (AvgIpc) is 3.51. The lowest BCUT2D eigenvalue weighted by Crippen LogP contribution is -2.01. The zero-order valence-electron chi connectivity index (χ0n) is 20.5. The first-order chi connectivity index (χ1) is 18.9. The van der Waals surface area contributed by atoms with Crippen LogP contribution in [0.4, 0.5) is 0 Å². The monoisotopic (exact) mass is 486 g/mol. The molecule has 4 aromatic carbocycles. The van der Waals surface area contributed by atoms with Gasteiger partial charge in [0.05, 0.1) is 22.1 Å². The molecule has 0 radical (unpaired) electrons. The van der Waals surface area contributed by atoms with E-state index in [1.807, 2.05) is 30.6 Å². The quantitative estimate of drug-likeness (QED) is 0.252. The van der Waals surface area contributed by atoms with E-state index in [4.69, 9.17) is 9.97 Å². The van der Waals surface area contributed by atoms with Gasteiger partial charge in [0.15, 0.2) is 0 Å². The summed E-state index contributed by atoms with van der Waals surface area (Å²) in [7, 11) is 0. The van der Waals surface area contributed by atoms with E-state index in [-0.39, 0.29) is 0 Å². The Labute approximate surface area is 219 Å². The lowest BCUT2D eigenvalue weighted by molar-refractivity contribution is 1.06. The summed E-state index contributed by atoms with van der Waals surface area (Å²) >= 11 is 0. The van der Waals surface area contributed by atoms with Gasteiger partial charge in [0.25, 0.3) is 0 Å². The first-order valence-electron chi connectivity index (χ1n) is 12.8. The van der Waals surface area contributed by atoms with Crippen LogP contribution < -0.4 is 0 Å². The van der Waals surface area contributed by atoms with Crippen molar-refractivity contribution in [3.05, 3.63) is 134 Å². The molecule has 4 heteroatoms. The molecular weight excluding hydrogens is 464 g/mol. The first kappa shape index (κ1) is 20.9. The zero-order valence-corrected chi connectivity index (χ0v) is 20.5. The smallest absolute Gasteiger partial charge is 0.137 e. The largest absolute Gasteiger partial charge is 0.292 e. The Morgan fingerprint density at radius 3 is 1.55 bits per heavy atom. The molecule has 178 valence electrons. The van der Waals surface area contributed by atoms with Crippen LogP contribution in [0.25, 0.3) is 66.4 Å². The summed E-state index contributed by atoms with van der Waals surface area (Å²) < 4.78 is 4.60. The van der Waals surface area contributed by atoms with Gasteiger partial charge < -0.3 is 0 Å². The summed E-state index contributed by atoms with van der Waals surface area (Å²) in [5.41, 5.74) is 6.79. The number of hydrogen-bond acceptors (Lipinski definition) is 2. The van der Waals surface area contributed by atoms with Crippen molar-refractivity contribution >= 4 is 43.6 Å². The topological polar surface area (TPSA) is 35.6 Å². The molecule has 4 aromatic heterocycles. The number of pyridine rings is 2. The van der Waals surface area contributed by atoms with Crippen molar-refractivity contribution in [3.63, 3.8) is 0 Å². The van der Waals surface area contributed by atoms with Gasteiger partial charge in [-0.2, -0.15) is 0 Å². The van der Waals surface area contributed by atoms with Crippen LogP contribution in [0, 0.1) is 0 Å². The number of fused-ring (bicyclic) bond motifs is 7. The van der Waals surface area contributed by atoms with Gasteiger partial charge in [-0.3, -0.25) is 9.13 Å². The molecular formula is C34H22N4. The molecule has 0 saturated heterocycles. The normalized spacial score (nSPS) is 11.7. The number of aromatic nitrogens is 4. The molecule has 8 rings (SSSR count). The molecule has 4 nitrogen and oxygen atoms in total. The van der Waals surface area contributed by atoms with Gasteiger partial charge in [0, 0.05) is 39.5 Å². The van der Waals surface area contributed by atoms with Crippen LogP contribution in [-0.2, 0) is 0 Å². The fourth-order valence-corrected chi connectivity index (χ4v) is 5.78. The highest BCUT2D eigenvalue weighted by Gasteiger charge is 2.21. The summed E-state index contributed by atoms with van der Waals surface area (Å²) in [6.07, 6.45) is 3.83. The highest BCUT2D eigenvalue weighted by Crippen LogP contribution is 2.41. The summed E-state index contributed by atoms with van der Waals surface area (Å²) in [5.74, 6) is 1.79. The maximum absolute atomic E-state index is 5.00. The lowest BCUT2D eigenvalue weighted by atomic mass is 10.1. The molecule has 0 aliphatic heterocycles. The first-order valence-corrected chi connectivity index (χ1v) is 12.8. The van der Waals surface area contributed by atoms with E-state index in [1.165, 1.54) is 21.5 Å². The van der Waals surface area contributed by atoms with Crippen molar-refractivity contribution < 1.29 is 0 Å². The summed E-state index contributed by atoms with van der Waals surface area (Å²) in [5, 5.41) is 4.81. The van der Waals surface area contributed by atoms with Crippen molar-refractivity contribution in [2.45, 2.75) is 0 Å². The zero-order chi connectivity index (χ0) is 25.1. The van der Waals surface area contributed by atoms with Crippen molar-refractivity contribution in [1.29, 1.82) is 0 Å². The molecule has 0 aliphatic carbocycles. The van der Waals surface area contributed by atoms with Crippen molar-refractivity contribution in [3.8, 4) is 22.8 Å². The summed E-state index contributed by atoms with van der Waals surface area (Å²) in [4.78, 5) is 9.77. The Balaban J connectivity index is 1.52. The Bertz CT molecular complexity index is 2100. The van der Waals surface area contributed by atoms with Crippen LogP contribution in [0.2, 0.25) is 0 Å². The van der Waals surface area contributed by atoms with Gasteiger partial charge in [0.1, 0.15) is 11.6 Å². The predicted octanol–water partition coefficient (Wildman–Crippen LogP) is 8.34. The molecule has 0 aliphatic rings. The second kappa shape index (κ2) is 8.15. The highest BCUT2D eigenvalue weighted by molar-refractivity contribution is 6.23. The van der Waals surface area contributed by atoms with Gasteiger partial charge in [0.2, 0.25) is 0 Å². The van der Waals surface area contributed by atoms with Crippen LogP contribution >= 0.6 is 0 Å². The Kier molecular flexibility index (Phi) is 4.49. The fraction of sp³-hybridized carbons (Fsp3) is 0. The van der Waals surface area contributed by atoms with Crippen molar-refractivity contribution in [2.75, 3.05) is 0 Å². The van der Waals surface area contributed by atoms with Crippen molar-refractivity contribution in [1.82, 2.24) is 19.1 Å². The summed E-state index contributed by atoms with van der Waals surface area (Å²) in [6, 6.07) is 42.4. The fourth-order valence-electron chi connectivity index (χ4n) is 5.78. The second-order valence-electron chi connectivity index (χ2n) is 9.52. The molecule has 0 fully saturated rings. The third-order valence-corrected chi connectivity index (χ3v) is 7.43. The average molecular weight is 487 g/mol. The third kappa shape index (κ3) is 2.98. The van der Waals surface area contributed by atoms with Crippen LogP contribution in [-0.4, -0.2) is 19.1 Å². The minimum absolute atomic E-state index is 0.890. The molecule has 0 spiro atoms. The van der Waals surface area contributed by atoms with Gasteiger partial charge in [-0.1, -0.05) is 84.9 Å². The predicted molar refractivity (Wildman–Crippen MR) is 156 cm³/mol. The van der Waals surface area contributed by atoms with E-state index in [0.717, 1.165) is 44.8 Å². The van der Waals surface area contributed by atoms with E-state index in [9.17, 15) is 0 Å². The van der Waals surface area contributed by atoms with E-state index in [0.29, 0.717) is 0 Å². The van der Waals surface area contributed by atoms with Gasteiger partial charge >= 0.3 is 0 Å². The highest BCUT2D eigenvalue weighted by atomic mass is 15.1. The number of nitrogens with zero attached hydrogens (tertiary/aromatic N) is 4. The van der Waals surface area contributed by atoms with Gasteiger partial charge in [-0.25, -0.2) is 9.97 Å². The van der Waals surface area contributed by atoms with Gasteiger partial charge in [-0.15, -0.1) is 0 Å². The standard InChI is InChI=1S/C34H22N4/c1-2-10-23(11-3-1)24-17-20-32(36-22-24)38-30-15-7-5-13-26(30)28-19-18-27-25-12-4-6-14-29(25)37(33(27)34(28)38)31-16-8-9-21-35-31/h1-22H. The van der Waals surface area contributed by atoms with Crippen LogP contribution in [0.3, 0.4) is 0 Å². The molecule has 38 heavy (non-hydrogen) atoms. The minimum Gasteiger partial charge on any atom is -0.292 e. The number of rotatable bonds is 3. The Morgan fingerprint density at radius 2 is 0.974 bits per heavy atom. The number of benzene rings is 4.